The normalized spacial score (nSPS) is 26.2. The van der Waals surface area contributed by atoms with Crippen molar-refractivity contribution < 1.29 is 4.55 Å². The SMILES string of the molecule is CC(C)(C)[S@+]([O-])N[C@H]1CC[C@@H](c2ccccc2)C1. The Labute approximate surface area is 113 Å². The molecule has 1 aromatic rings. The Morgan fingerprint density at radius 1 is 1.17 bits per heavy atom. The van der Waals surface area contributed by atoms with Crippen molar-refractivity contribution in [1.82, 2.24) is 4.72 Å². The summed E-state index contributed by atoms with van der Waals surface area (Å²) in [4.78, 5) is 0. The first kappa shape index (κ1) is 13.9. The van der Waals surface area contributed by atoms with Crippen molar-refractivity contribution in [2.45, 2.75) is 56.7 Å². The van der Waals surface area contributed by atoms with Gasteiger partial charge in [0.25, 0.3) is 0 Å². The molecule has 1 N–H and O–H groups in total. The fraction of sp³-hybridized carbons (Fsp3) is 0.600. The molecule has 0 bridgehead atoms. The zero-order valence-electron chi connectivity index (χ0n) is 11.5. The third kappa shape index (κ3) is 3.50. The van der Waals surface area contributed by atoms with Gasteiger partial charge >= 0.3 is 0 Å². The Hall–Kier alpha value is -0.510. The fourth-order valence-corrected chi connectivity index (χ4v) is 3.32. The average Bonchev–Trinajstić information content (AvgIpc) is 2.77. The summed E-state index contributed by atoms with van der Waals surface area (Å²) < 4.78 is 15.2. The van der Waals surface area contributed by atoms with Gasteiger partial charge < -0.3 is 4.55 Å². The average molecular weight is 265 g/mol. The number of rotatable bonds is 3. The molecule has 0 saturated heterocycles. The highest BCUT2D eigenvalue weighted by atomic mass is 32.2. The first-order chi connectivity index (χ1) is 8.47. The van der Waals surface area contributed by atoms with E-state index in [1.165, 1.54) is 12.0 Å². The van der Waals surface area contributed by atoms with E-state index < -0.39 is 11.4 Å². The summed E-state index contributed by atoms with van der Waals surface area (Å²) in [6.07, 6.45) is 3.43. The van der Waals surface area contributed by atoms with Crippen molar-refractivity contribution in [1.29, 1.82) is 0 Å². The van der Waals surface area contributed by atoms with Crippen molar-refractivity contribution in [2.24, 2.45) is 0 Å². The monoisotopic (exact) mass is 265 g/mol. The number of hydrogen-bond donors (Lipinski definition) is 1. The molecule has 0 heterocycles. The highest BCUT2D eigenvalue weighted by Gasteiger charge is 2.33. The van der Waals surface area contributed by atoms with Gasteiger partial charge in [0.1, 0.15) is 4.75 Å². The van der Waals surface area contributed by atoms with Crippen LogP contribution in [0.2, 0.25) is 0 Å². The first-order valence-electron chi connectivity index (χ1n) is 6.70. The lowest BCUT2D eigenvalue weighted by Gasteiger charge is -2.26. The van der Waals surface area contributed by atoms with E-state index in [0.717, 1.165) is 12.8 Å². The van der Waals surface area contributed by atoms with E-state index in [1.807, 2.05) is 20.8 Å². The van der Waals surface area contributed by atoms with Gasteiger partial charge in [-0.1, -0.05) is 30.3 Å². The maximum Gasteiger partial charge on any atom is 0.136 e. The van der Waals surface area contributed by atoms with Crippen LogP contribution in [0.5, 0.6) is 0 Å². The molecule has 1 saturated carbocycles. The molecule has 2 rings (SSSR count). The van der Waals surface area contributed by atoms with Gasteiger partial charge in [-0.05, 0) is 51.5 Å². The summed E-state index contributed by atoms with van der Waals surface area (Å²) in [6, 6.07) is 11.1. The van der Waals surface area contributed by atoms with Crippen molar-refractivity contribution >= 4 is 11.4 Å². The lowest BCUT2D eigenvalue weighted by Crippen LogP contribution is -2.43. The van der Waals surface area contributed by atoms with Crippen LogP contribution >= 0.6 is 0 Å². The zero-order valence-corrected chi connectivity index (χ0v) is 12.3. The van der Waals surface area contributed by atoms with E-state index in [4.69, 9.17) is 0 Å². The fourth-order valence-electron chi connectivity index (χ4n) is 2.44. The summed E-state index contributed by atoms with van der Waals surface area (Å²) in [5.41, 5.74) is 1.42. The minimum atomic E-state index is -0.948. The Bertz CT molecular complexity index is 374. The van der Waals surface area contributed by atoms with E-state index >= 15 is 0 Å². The summed E-state index contributed by atoms with van der Waals surface area (Å²) in [6.45, 7) is 6.04. The molecule has 1 aliphatic rings. The molecule has 0 radical (unpaired) electrons. The van der Waals surface area contributed by atoms with Crippen LogP contribution < -0.4 is 4.72 Å². The molecule has 2 nitrogen and oxygen atoms in total. The first-order valence-corrected chi connectivity index (χ1v) is 7.85. The van der Waals surface area contributed by atoms with Crippen molar-refractivity contribution in [3.05, 3.63) is 35.9 Å². The third-order valence-corrected chi connectivity index (χ3v) is 5.19. The highest BCUT2D eigenvalue weighted by Crippen LogP contribution is 2.35. The number of benzene rings is 1. The summed E-state index contributed by atoms with van der Waals surface area (Å²) in [5.74, 6) is 0.626. The van der Waals surface area contributed by atoms with Crippen molar-refractivity contribution in [3.63, 3.8) is 0 Å². The quantitative estimate of drug-likeness (QED) is 0.850. The topological polar surface area (TPSA) is 35.1 Å². The van der Waals surface area contributed by atoms with Crippen LogP contribution in [-0.4, -0.2) is 15.3 Å². The standard InChI is InChI=1S/C15H23NOS/c1-15(2,3)18(17)16-14-10-9-13(11-14)12-7-5-4-6-8-12/h4-8,13-14,16H,9-11H2,1-3H3/t13-,14+,18+/m1/s1. The Kier molecular flexibility index (Phi) is 4.36. The van der Waals surface area contributed by atoms with Crippen LogP contribution in [0.4, 0.5) is 0 Å². The lowest BCUT2D eigenvalue weighted by molar-refractivity contribution is 0.518. The summed E-state index contributed by atoms with van der Waals surface area (Å²) in [5, 5.41) is 0. The second-order valence-electron chi connectivity index (χ2n) is 6.12. The van der Waals surface area contributed by atoms with Gasteiger partial charge in [-0.15, -0.1) is 4.72 Å². The Morgan fingerprint density at radius 3 is 2.44 bits per heavy atom. The van der Waals surface area contributed by atoms with Crippen LogP contribution in [-0.2, 0) is 11.4 Å². The zero-order chi connectivity index (χ0) is 13.2. The molecule has 3 atom stereocenters. The molecule has 1 fully saturated rings. The van der Waals surface area contributed by atoms with Gasteiger partial charge in [0.15, 0.2) is 0 Å². The second kappa shape index (κ2) is 5.64. The molecule has 0 spiro atoms. The maximum atomic E-state index is 12.1. The smallest absolute Gasteiger partial charge is 0.136 e. The van der Waals surface area contributed by atoms with E-state index in [1.54, 1.807) is 0 Å². The van der Waals surface area contributed by atoms with Crippen molar-refractivity contribution in [3.8, 4) is 0 Å². The summed E-state index contributed by atoms with van der Waals surface area (Å²) >= 11 is -0.948. The molecular formula is C15H23NOS. The minimum Gasteiger partial charge on any atom is -0.598 e. The summed E-state index contributed by atoms with van der Waals surface area (Å²) in [7, 11) is 0. The van der Waals surface area contributed by atoms with Crippen LogP contribution in [0.3, 0.4) is 0 Å². The van der Waals surface area contributed by atoms with Crippen LogP contribution in [0.1, 0.15) is 51.5 Å². The molecule has 0 aliphatic heterocycles. The van der Waals surface area contributed by atoms with Gasteiger partial charge in [0, 0.05) is 11.4 Å². The molecule has 18 heavy (non-hydrogen) atoms. The van der Waals surface area contributed by atoms with Gasteiger partial charge in [0.05, 0.1) is 6.04 Å². The molecule has 1 aliphatic carbocycles. The number of nitrogens with one attached hydrogen (secondary N) is 1. The van der Waals surface area contributed by atoms with Crippen LogP contribution in [0.15, 0.2) is 30.3 Å². The molecular weight excluding hydrogens is 242 g/mol. The molecule has 3 heteroatoms. The molecule has 0 aromatic heterocycles. The highest BCUT2D eigenvalue weighted by molar-refractivity contribution is 7.90. The van der Waals surface area contributed by atoms with Crippen molar-refractivity contribution in [2.75, 3.05) is 0 Å². The molecule has 0 unspecified atom stereocenters. The minimum absolute atomic E-state index is 0.176. The predicted octanol–water partition coefficient (Wildman–Crippen LogP) is 3.37. The van der Waals surface area contributed by atoms with Crippen LogP contribution in [0.25, 0.3) is 0 Å². The lowest BCUT2D eigenvalue weighted by atomic mass is 9.98. The van der Waals surface area contributed by atoms with Crippen LogP contribution in [0, 0.1) is 0 Å². The molecule has 1 aromatic carbocycles. The second-order valence-corrected chi connectivity index (χ2v) is 8.11. The van der Waals surface area contributed by atoms with Gasteiger partial charge in [-0.3, -0.25) is 0 Å². The number of hydrogen-bond acceptors (Lipinski definition) is 2. The van der Waals surface area contributed by atoms with Gasteiger partial charge in [0.2, 0.25) is 0 Å². The van der Waals surface area contributed by atoms with Gasteiger partial charge in [-0.25, -0.2) is 0 Å². The molecule has 100 valence electrons. The maximum absolute atomic E-state index is 12.1. The Balaban J connectivity index is 1.89. The van der Waals surface area contributed by atoms with E-state index in [2.05, 4.69) is 35.1 Å². The predicted molar refractivity (Wildman–Crippen MR) is 77.9 cm³/mol. The van der Waals surface area contributed by atoms with E-state index in [9.17, 15) is 4.55 Å². The third-order valence-electron chi connectivity index (χ3n) is 3.53. The van der Waals surface area contributed by atoms with E-state index in [0.29, 0.717) is 12.0 Å². The van der Waals surface area contributed by atoms with E-state index in [-0.39, 0.29) is 4.75 Å². The molecule has 0 amide bonds. The van der Waals surface area contributed by atoms with Gasteiger partial charge in [-0.2, -0.15) is 0 Å². The largest absolute Gasteiger partial charge is 0.598 e. The Morgan fingerprint density at radius 2 is 1.83 bits per heavy atom.